The molecule has 0 amide bonds. The monoisotopic (exact) mass is 220 g/mol. The van der Waals surface area contributed by atoms with Crippen LogP contribution >= 0.6 is 11.8 Å². The SMILES string of the molecule is CSC(OC(=O)C=CC(=O)O)C(=O)O. The summed E-state index contributed by atoms with van der Waals surface area (Å²) in [6.07, 6.45) is 2.67. The van der Waals surface area contributed by atoms with Gasteiger partial charge in [0.25, 0.3) is 0 Å². The lowest BCUT2D eigenvalue weighted by Gasteiger charge is -2.08. The van der Waals surface area contributed by atoms with Crippen LogP contribution in [0.4, 0.5) is 0 Å². The summed E-state index contributed by atoms with van der Waals surface area (Å²) in [6.45, 7) is 0. The average Bonchev–Trinajstić information content (AvgIpc) is 2.10. The van der Waals surface area contributed by atoms with Crippen LogP contribution in [0, 0.1) is 0 Å². The van der Waals surface area contributed by atoms with Gasteiger partial charge in [0.05, 0.1) is 0 Å². The summed E-state index contributed by atoms with van der Waals surface area (Å²) >= 11 is 0.817. The predicted octanol–water partition coefficient (Wildman–Crippen LogP) is -0.0559. The highest BCUT2D eigenvalue weighted by molar-refractivity contribution is 7.99. The molecule has 0 fully saturated rings. The lowest BCUT2D eigenvalue weighted by atomic mass is 10.5. The highest BCUT2D eigenvalue weighted by atomic mass is 32.2. The van der Waals surface area contributed by atoms with Crippen molar-refractivity contribution in [2.75, 3.05) is 6.26 Å². The molecule has 0 rings (SSSR count). The summed E-state index contributed by atoms with van der Waals surface area (Å²) in [5.74, 6) is -3.61. The van der Waals surface area contributed by atoms with E-state index in [1.165, 1.54) is 6.26 Å². The van der Waals surface area contributed by atoms with Gasteiger partial charge in [-0.3, -0.25) is 0 Å². The molecule has 0 aromatic heterocycles. The van der Waals surface area contributed by atoms with Gasteiger partial charge in [0.2, 0.25) is 5.44 Å². The highest BCUT2D eigenvalue weighted by Crippen LogP contribution is 2.08. The predicted molar refractivity (Wildman–Crippen MR) is 47.8 cm³/mol. The molecule has 0 saturated heterocycles. The zero-order chi connectivity index (χ0) is 11.1. The van der Waals surface area contributed by atoms with Crippen molar-refractivity contribution in [2.24, 2.45) is 0 Å². The Morgan fingerprint density at radius 1 is 1.29 bits per heavy atom. The van der Waals surface area contributed by atoms with Crippen molar-refractivity contribution < 1.29 is 29.3 Å². The molecule has 0 saturated carbocycles. The van der Waals surface area contributed by atoms with Crippen LogP contribution in [-0.4, -0.2) is 39.8 Å². The molecule has 14 heavy (non-hydrogen) atoms. The number of carboxylic acid groups (broad SMARTS) is 2. The van der Waals surface area contributed by atoms with Gasteiger partial charge in [0.15, 0.2) is 0 Å². The Morgan fingerprint density at radius 2 is 1.86 bits per heavy atom. The van der Waals surface area contributed by atoms with Gasteiger partial charge in [-0.1, -0.05) is 0 Å². The van der Waals surface area contributed by atoms with E-state index < -0.39 is 23.3 Å². The van der Waals surface area contributed by atoms with E-state index in [-0.39, 0.29) is 0 Å². The molecule has 1 unspecified atom stereocenters. The molecule has 2 N–H and O–H groups in total. The van der Waals surface area contributed by atoms with Gasteiger partial charge in [-0.05, 0) is 6.26 Å². The van der Waals surface area contributed by atoms with Crippen LogP contribution in [0.15, 0.2) is 12.2 Å². The first-order valence-electron chi connectivity index (χ1n) is 3.34. The van der Waals surface area contributed by atoms with Gasteiger partial charge in [0, 0.05) is 12.2 Å². The van der Waals surface area contributed by atoms with E-state index in [9.17, 15) is 14.4 Å². The van der Waals surface area contributed by atoms with Crippen molar-refractivity contribution in [1.82, 2.24) is 0 Å². The minimum atomic E-state index is -1.32. The Bertz CT molecular complexity index is 271. The second-order valence-electron chi connectivity index (χ2n) is 2.01. The minimum Gasteiger partial charge on any atom is -0.478 e. The molecule has 0 aromatic rings. The molecule has 0 spiro atoms. The second kappa shape index (κ2) is 6.03. The molecular formula is C7H8O6S. The maximum Gasteiger partial charge on any atom is 0.355 e. The summed E-state index contributed by atoms with van der Waals surface area (Å²) in [6, 6.07) is 0. The van der Waals surface area contributed by atoms with E-state index in [1.54, 1.807) is 0 Å². The number of rotatable bonds is 5. The van der Waals surface area contributed by atoms with Crippen molar-refractivity contribution in [3.05, 3.63) is 12.2 Å². The van der Waals surface area contributed by atoms with Gasteiger partial charge in [0.1, 0.15) is 0 Å². The first kappa shape index (κ1) is 12.5. The van der Waals surface area contributed by atoms with Crippen molar-refractivity contribution in [2.45, 2.75) is 5.44 Å². The summed E-state index contributed by atoms with van der Waals surface area (Å²) < 4.78 is 4.39. The van der Waals surface area contributed by atoms with Gasteiger partial charge in [-0.25, -0.2) is 14.4 Å². The number of carboxylic acids is 2. The van der Waals surface area contributed by atoms with Crippen molar-refractivity contribution in [3.63, 3.8) is 0 Å². The normalized spacial score (nSPS) is 12.4. The zero-order valence-electron chi connectivity index (χ0n) is 7.17. The number of ether oxygens (including phenoxy) is 1. The molecule has 1 atom stereocenters. The maximum atomic E-state index is 10.8. The van der Waals surface area contributed by atoms with Gasteiger partial charge < -0.3 is 14.9 Å². The van der Waals surface area contributed by atoms with Crippen LogP contribution in [0.5, 0.6) is 0 Å². The molecule has 78 valence electrons. The van der Waals surface area contributed by atoms with E-state index in [0.717, 1.165) is 11.8 Å². The highest BCUT2D eigenvalue weighted by Gasteiger charge is 2.19. The van der Waals surface area contributed by atoms with E-state index in [4.69, 9.17) is 10.2 Å². The van der Waals surface area contributed by atoms with E-state index in [1.807, 2.05) is 0 Å². The van der Waals surface area contributed by atoms with Gasteiger partial charge in [-0.2, -0.15) is 0 Å². The van der Waals surface area contributed by atoms with E-state index in [2.05, 4.69) is 4.74 Å². The van der Waals surface area contributed by atoms with Crippen LogP contribution < -0.4 is 0 Å². The maximum absolute atomic E-state index is 10.8. The molecule has 0 aliphatic heterocycles. The number of carbonyl (C=O) groups is 3. The average molecular weight is 220 g/mol. The van der Waals surface area contributed by atoms with Crippen molar-refractivity contribution >= 4 is 29.7 Å². The van der Waals surface area contributed by atoms with Crippen LogP contribution in [0.2, 0.25) is 0 Å². The zero-order valence-corrected chi connectivity index (χ0v) is 7.98. The molecule has 0 bridgehead atoms. The van der Waals surface area contributed by atoms with Crippen LogP contribution in [-0.2, 0) is 19.1 Å². The smallest absolute Gasteiger partial charge is 0.355 e. The second-order valence-corrected chi connectivity index (χ2v) is 2.91. The summed E-state index contributed by atoms with van der Waals surface area (Å²) in [5.41, 5.74) is -1.32. The summed E-state index contributed by atoms with van der Waals surface area (Å²) in [5, 5.41) is 16.6. The van der Waals surface area contributed by atoms with Crippen molar-refractivity contribution in [1.29, 1.82) is 0 Å². The number of hydrogen-bond donors (Lipinski definition) is 2. The first-order valence-corrected chi connectivity index (χ1v) is 4.63. The van der Waals surface area contributed by atoms with E-state index >= 15 is 0 Å². The third-order valence-electron chi connectivity index (χ3n) is 1.00. The Balaban J connectivity index is 4.17. The fraction of sp³-hybridized carbons (Fsp3) is 0.286. The number of aliphatic carboxylic acids is 2. The molecule has 0 radical (unpaired) electrons. The Kier molecular flexibility index (Phi) is 5.38. The fourth-order valence-corrected chi connectivity index (χ4v) is 0.876. The molecule has 0 aliphatic rings. The number of esters is 1. The lowest BCUT2D eigenvalue weighted by molar-refractivity contribution is -0.154. The van der Waals surface area contributed by atoms with Crippen LogP contribution in [0.25, 0.3) is 0 Å². The third kappa shape index (κ3) is 5.20. The lowest BCUT2D eigenvalue weighted by Crippen LogP contribution is -2.22. The first-order chi connectivity index (χ1) is 6.47. The van der Waals surface area contributed by atoms with Crippen LogP contribution in [0.3, 0.4) is 0 Å². The Hall–Kier alpha value is -1.50. The Labute approximate surface area is 83.5 Å². The largest absolute Gasteiger partial charge is 0.478 e. The van der Waals surface area contributed by atoms with Crippen LogP contribution in [0.1, 0.15) is 0 Å². The van der Waals surface area contributed by atoms with Gasteiger partial charge in [-0.15, -0.1) is 11.8 Å². The Morgan fingerprint density at radius 3 is 2.21 bits per heavy atom. The molecule has 6 nitrogen and oxygen atoms in total. The molecule has 0 aliphatic carbocycles. The molecule has 0 heterocycles. The molecule has 7 heteroatoms. The fourth-order valence-electron chi connectivity index (χ4n) is 0.483. The van der Waals surface area contributed by atoms with Gasteiger partial charge >= 0.3 is 17.9 Å². The third-order valence-corrected chi connectivity index (χ3v) is 1.73. The number of carbonyl (C=O) groups excluding carboxylic acids is 1. The molecule has 0 aromatic carbocycles. The topological polar surface area (TPSA) is 101 Å². The summed E-state index contributed by atoms with van der Waals surface area (Å²) in [4.78, 5) is 31.1. The minimum absolute atomic E-state index is 0.571. The summed E-state index contributed by atoms with van der Waals surface area (Å²) in [7, 11) is 0. The van der Waals surface area contributed by atoms with E-state index in [0.29, 0.717) is 12.2 Å². The number of thioether (sulfide) groups is 1. The standard InChI is InChI=1S/C7H8O6S/c1-14-7(6(11)12)13-5(10)3-2-4(8)9/h2-3,7H,1H3,(H,8,9)(H,11,12). The van der Waals surface area contributed by atoms with Crippen molar-refractivity contribution in [3.8, 4) is 0 Å². The number of hydrogen-bond acceptors (Lipinski definition) is 5. The molecular weight excluding hydrogens is 212 g/mol. The quantitative estimate of drug-likeness (QED) is 0.380.